The number of hydrogen-bond donors (Lipinski definition) is 2. The Morgan fingerprint density at radius 3 is 2.24 bits per heavy atom. The molecule has 4 aromatic rings. The van der Waals surface area contributed by atoms with Crippen LogP contribution in [0.15, 0.2) is 78.9 Å². The zero-order chi connectivity index (χ0) is 22.9. The molecule has 164 valence electrons. The molecule has 1 amide bonds. The highest BCUT2D eigenvalue weighted by Gasteiger charge is 2.26. The van der Waals surface area contributed by atoms with Crippen LogP contribution in [0.4, 0.5) is 16.3 Å². The van der Waals surface area contributed by atoms with Crippen molar-refractivity contribution in [1.29, 1.82) is 0 Å². The first-order valence-corrected chi connectivity index (χ1v) is 10.8. The van der Waals surface area contributed by atoms with E-state index >= 15 is 0 Å². The van der Waals surface area contributed by atoms with Crippen LogP contribution in [0.25, 0.3) is 5.70 Å². The predicted molar refractivity (Wildman–Crippen MR) is 127 cm³/mol. The second-order valence-electron chi connectivity index (χ2n) is 7.37. The molecule has 0 aliphatic carbocycles. The van der Waals surface area contributed by atoms with Crippen molar-refractivity contribution in [1.82, 2.24) is 14.8 Å². The Morgan fingerprint density at radius 2 is 1.58 bits per heavy atom. The summed E-state index contributed by atoms with van der Waals surface area (Å²) < 4.78 is 15.2. The number of carbonyl (C=O) groups is 1. The van der Waals surface area contributed by atoms with Crippen LogP contribution in [0.1, 0.15) is 27.5 Å². The topological polar surface area (TPSA) is 71.8 Å². The minimum absolute atomic E-state index is 0.135. The number of benzene rings is 3. The summed E-state index contributed by atoms with van der Waals surface area (Å²) in [6, 6.07) is 19.7. The number of amides is 1. The predicted octanol–water partition coefficient (Wildman–Crippen LogP) is 6.03. The molecule has 3 aromatic carbocycles. The van der Waals surface area contributed by atoms with E-state index in [4.69, 9.17) is 23.2 Å². The summed E-state index contributed by atoms with van der Waals surface area (Å²) in [6.45, 7) is 0. The van der Waals surface area contributed by atoms with Gasteiger partial charge in [-0.3, -0.25) is 10.1 Å². The Hall–Kier alpha value is -3.68. The number of nitrogens with zero attached hydrogens (tertiary/aromatic N) is 3. The molecule has 0 saturated carbocycles. The molecule has 1 atom stereocenters. The second kappa shape index (κ2) is 8.69. The highest BCUT2D eigenvalue weighted by molar-refractivity contribution is 6.31. The van der Waals surface area contributed by atoms with Crippen LogP contribution in [0.2, 0.25) is 10.0 Å². The number of fused-ring (bicyclic) bond motifs is 1. The molecule has 0 fully saturated rings. The fraction of sp³-hybridized carbons (Fsp3) is 0.0417. The van der Waals surface area contributed by atoms with E-state index in [9.17, 15) is 9.18 Å². The SMILES string of the molecule is O=C(Nc1nc2n(n1)[C@@H](c1ccc(F)cc1)C=C(c1ccc(Cl)cc1)N2)c1ccc(Cl)cc1. The fourth-order valence-electron chi connectivity index (χ4n) is 3.52. The summed E-state index contributed by atoms with van der Waals surface area (Å²) in [6.07, 6.45) is 1.96. The van der Waals surface area contributed by atoms with Crippen LogP contribution in [0.3, 0.4) is 0 Å². The fourth-order valence-corrected chi connectivity index (χ4v) is 3.77. The van der Waals surface area contributed by atoms with E-state index in [1.807, 2.05) is 18.2 Å². The molecular weight excluding hydrogens is 464 g/mol. The van der Waals surface area contributed by atoms with E-state index in [2.05, 4.69) is 20.7 Å². The Balaban J connectivity index is 1.50. The molecule has 2 heterocycles. The van der Waals surface area contributed by atoms with Gasteiger partial charge in [0.25, 0.3) is 11.9 Å². The van der Waals surface area contributed by atoms with Gasteiger partial charge < -0.3 is 5.32 Å². The highest BCUT2D eigenvalue weighted by atomic mass is 35.5. The molecule has 1 aromatic heterocycles. The molecule has 6 nitrogen and oxygen atoms in total. The van der Waals surface area contributed by atoms with Crippen molar-refractivity contribution in [2.45, 2.75) is 6.04 Å². The van der Waals surface area contributed by atoms with E-state index in [1.165, 1.54) is 12.1 Å². The Labute approximate surface area is 198 Å². The van der Waals surface area contributed by atoms with Crippen molar-refractivity contribution in [2.75, 3.05) is 10.6 Å². The summed E-state index contributed by atoms with van der Waals surface area (Å²) in [5.41, 5.74) is 2.92. The van der Waals surface area contributed by atoms with Crippen molar-refractivity contribution < 1.29 is 9.18 Å². The van der Waals surface area contributed by atoms with Gasteiger partial charge in [-0.2, -0.15) is 4.98 Å². The summed E-state index contributed by atoms with van der Waals surface area (Å²) in [5.74, 6) is -0.123. The van der Waals surface area contributed by atoms with Crippen LogP contribution >= 0.6 is 23.2 Å². The van der Waals surface area contributed by atoms with Crippen LogP contribution in [0.5, 0.6) is 0 Å². The number of rotatable bonds is 4. The van der Waals surface area contributed by atoms with Gasteiger partial charge in [0.2, 0.25) is 5.95 Å². The van der Waals surface area contributed by atoms with Crippen LogP contribution in [0, 0.1) is 5.82 Å². The van der Waals surface area contributed by atoms with Gasteiger partial charge in [-0.15, -0.1) is 5.10 Å². The minimum Gasteiger partial charge on any atom is -0.324 e. The molecule has 0 unspecified atom stereocenters. The molecule has 1 aliphatic heterocycles. The molecule has 0 saturated heterocycles. The van der Waals surface area contributed by atoms with E-state index < -0.39 is 0 Å². The van der Waals surface area contributed by atoms with Crippen LogP contribution in [-0.2, 0) is 0 Å². The van der Waals surface area contributed by atoms with E-state index in [0.717, 1.165) is 16.8 Å². The average molecular weight is 480 g/mol. The zero-order valence-corrected chi connectivity index (χ0v) is 18.5. The minimum atomic E-state index is -0.374. The van der Waals surface area contributed by atoms with Gasteiger partial charge in [0.15, 0.2) is 0 Å². The largest absolute Gasteiger partial charge is 0.324 e. The van der Waals surface area contributed by atoms with Crippen molar-refractivity contribution in [3.63, 3.8) is 0 Å². The van der Waals surface area contributed by atoms with Crippen molar-refractivity contribution >= 4 is 46.7 Å². The quantitative estimate of drug-likeness (QED) is 0.374. The summed E-state index contributed by atoms with van der Waals surface area (Å²) in [7, 11) is 0. The summed E-state index contributed by atoms with van der Waals surface area (Å²) in [4.78, 5) is 17.1. The summed E-state index contributed by atoms with van der Waals surface area (Å²) >= 11 is 11.9. The van der Waals surface area contributed by atoms with Crippen molar-refractivity contribution in [3.8, 4) is 0 Å². The molecule has 1 aliphatic rings. The number of carbonyl (C=O) groups excluding carboxylic acids is 1. The lowest BCUT2D eigenvalue weighted by atomic mass is 10.0. The molecule has 9 heteroatoms. The second-order valence-corrected chi connectivity index (χ2v) is 8.25. The number of halogens is 3. The number of aromatic nitrogens is 3. The first-order chi connectivity index (χ1) is 16.0. The van der Waals surface area contributed by atoms with Gasteiger partial charge in [-0.05, 0) is 65.7 Å². The molecule has 2 N–H and O–H groups in total. The van der Waals surface area contributed by atoms with Gasteiger partial charge in [-0.25, -0.2) is 9.07 Å². The van der Waals surface area contributed by atoms with Crippen LogP contribution in [-0.4, -0.2) is 20.7 Å². The Morgan fingerprint density at radius 1 is 0.939 bits per heavy atom. The first kappa shape index (κ1) is 21.2. The molecule has 5 rings (SSSR count). The third kappa shape index (κ3) is 4.46. The third-order valence-corrected chi connectivity index (χ3v) is 5.67. The number of anilines is 2. The normalized spacial score (nSPS) is 14.8. The van der Waals surface area contributed by atoms with E-state index in [0.29, 0.717) is 21.6 Å². The van der Waals surface area contributed by atoms with Crippen LogP contribution < -0.4 is 10.6 Å². The lowest BCUT2D eigenvalue weighted by Gasteiger charge is -2.24. The molecule has 0 radical (unpaired) electrons. The molecular formula is C24H16Cl2FN5O. The Kier molecular flexibility index (Phi) is 5.58. The maximum atomic E-state index is 13.5. The van der Waals surface area contributed by atoms with Gasteiger partial charge in [0.05, 0.1) is 0 Å². The van der Waals surface area contributed by atoms with Gasteiger partial charge in [0.1, 0.15) is 11.9 Å². The van der Waals surface area contributed by atoms with Gasteiger partial charge >= 0.3 is 0 Å². The zero-order valence-electron chi connectivity index (χ0n) is 17.0. The number of allylic oxidation sites excluding steroid dienone is 1. The molecule has 0 spiro atoms. The standard InChI is InChI=1S/C24H16Cl2FN5O/c25-17-7-1-14(2-8-17)20-13-21(15-5-11-19(27)12-6-15)32-24(28-20)30-23(31-32)29-22(33)16-3-9-18(26)10-4-16/h1-13,21H,(H2,28,29,30,31,33)/t21-/m1/s1. The third-order valence-electron chi connectivity index (χ3n) is 5.16. The molecule has 0 bridgehead atoms. The lowest BCUT2D eigenvalue weighted by Crippen LogP contribution is -2.20. The van der Waals surface area contributed by atoms with Crippen molar-refractivity contribution in [2.24, 2.45) is 0 Å². The maximum absolute atomic E-state index is 13.5. The van der Waals surface area contributed by atoms with E-state index in [-0.39, 0.29) is 23.7 Å². The first-order valence-electron chi connectivity index (χ1n) is 10.00. The highest BCUT2D eigenvalue weighted by Crippen LogP contribution is 2.33. The monoisotopic (exact) mass is 479 g/mol. The lowest BCUT2D eigenvalue weighted by molar-refractivity contribution is 0.102. The Bertz CT molecular complexity index is 1350. The smallest absolute Gasteiger partial charge is 0.258 e. The van der Waals surface area contributed by atoms with Gasteiger partial charge in [-0.1, -0.05) is 47.5 Å². The number of hydrogen-bond acceptors (Lipinski definition) is 4. The number of nitrogens with one attached hydrogen (secondary N) is 2. The van der Waals surface area contributed by atoms with Crippen molar-refractivity contribution in [3.05, 3.63) is 111 Å². The summed E-state index contributed by atoms with van der Waals surface area (Å²) in [5, 5.41) is 11.6. The molecule has 33 heavy (non-hydrogen) atoms. The maximum Gasteiger partial charge on any atom is 0.258 e. The van der Waals surface area contributed by atoms with E-state index in [1.54, 1.807) is 53.2 Å². The average Bonchev–Trinajstić information content (AvgIpc) is 3.22. The van der Waals surface area contributed by atoms with Gasteiger partial charge in [0, 0.05) is 21.3 Å².